The Kier molecular flexibility index (Phi) is 4.97. The number of hydrogen-bond acceptors (Lipinski definition) is 1. The molecule has 1 aromatic carbocycles. The predicted molar refractivity (Wildman–Crippen MR) is 140 cm³/mol. The Labute approximate surface area is 208 Å². The molecule has 1 saturated heterocycles. The lowest BCUT2D eigenvalue weighted by Crippen LogP contribution is -2.52. The van der Waals surface area contributed by atoms with Crippen molar-refractivity contribution in [2.75, 3.05) is 0 Å². The zero-order valence-electron chi connectivity index (χ0n) is 19.9. The second-order valence-electron chi connectivity index (χ2n) is 11.0. The van der Waals surface area contributed by atoms with E-state index in [0.717, 1.165) is 32.1 Å². The maximum atomic E-state index is 7.05. The minimum absolute atomic E-state index is 0.0636. The average molecular weight is 469 g/mol. The minimum Gasteiger partial charge on any atom is -0.368 e. The molecule has 7 rings (SSSR count). The zero-order chi connectivity index (χ0) is 22.9. The van der Waals surface area contributed by atoms with Crippen LogP contribution in [-0.4, -0.2) is 17.6 Å². The summed E-state index contributed by atoms with van der Waals surface area (Å²) in [6.45, 7) is 2.42. The van der Waals surface area contributed by atoms with E-state index in [9.17, 15) is 0 Å². The van der Waals surface area contributed by atoms with Crippen LogP contribution in [0.1, 0.15) is 44.6 Å². The Morgan fingerprint density at radius 3 is 2.82 bits per heavy atom. The molecule has 0 radical (unpaired) electrons. The average Bonchev–Trinajstić information content (AvgIpc) is 3.40. The van der Waals surface area contributed by atoms with E-state index in [2.05, 4.69) is 85.9 Å². The van der Waals surface area contributed by atoms with Gasteiger partial charge >= 0.3 is 0 Å². The quantitative estimate of drug-likeness (QED) is 0.320. The van der Waals surface area contributed by atoms with Crippen LogP contribution in [0.15, 0.2) is 101 Å². The molecule has 0 spiro atoms. The summed E-state index contributed by atoms with van der Waals surface area (Å²) in [5.74, 6) is 1.58. The van der Waals surface area contributed by atoms with E-state index in [1.54, 1.807) is 16.7 Å². The lowest BCUT2D eigenvalue weighted by molar-refractivity contribution is -0.0398. The second-order valence-corrected chi connectivity index (χ2v) is 11.6. The Morgan fingerprint density at radius 1 is 1.06 bits per heavy atom. The Bertz CT molecular complexity index is 1180. The first-order valence-electron chi connectivity index (χ1n) is 13.2. The van der Waals surface area contributed by atoms with Gasteiger partial charge in [-0.05, 0) is 65.9 Å². The van der Waals surface area contributed by atoms with Gasteiger partial charge in [0, 0.05) is 23.2 Å². The van der Waals surface area contributed by atoms with Crippen molar-refractivity contribution >= 4 is 11.6 Å². The van der Waals surface area contributed by atoms with Gasteiger partial charge in [-0.25, -0.2) is 0 Å². The molecular weight excluding hydrogens is 436 g/mol. The van der Waals surface area contributed by atoms with Crippen molar-refractivity contribution in [2.24, 2.45) is 23.7 Å². The van der Waals surface area contributed by atoms with E-state index < -0.39 is 0 Å². The smallest absolute Gasteiger partial charge is 0.0959 e. The highest BCUT2D eigenvalue weighted by Crippen LogP contribution is 2.65. The van der Waals surface area contributed by atoms with Crippen LogP contribution < -0.4 is 0 Å². The normalized spacial score (nSPS) is 42.0. The van der Waals surface area contributed by atoms with Gasteiger partial charge in [-0.15, -0.1) is 11.6 Å². The SMILES string of the molecule is CC1C=CC2C3=CCCC(Cl)C3OC2C1C1(c2ccccc2)C2=C(CCC=C2)C2=CC=CCC21. The number of rotatable bonds is 2. The van der Waals surface area contributed by atoms with E-state index in [4.69, 9.17) is 16.3 Å². The number of allylic oxidation sites excluding steroid dienone is 10. The van der Waals surface area contributed by atoms with Crippen LogP contribution in [0.5, 0.6) is 0 Å². The first-order chi connectivity index (χ1) is 16.7. The summed E-state index contributed by atoms with van der Waals surface area (Å²) in [4.78, 5) is 0. The highest BCUT2D eigenvalue weighted by Gasteiger charge is 2.62. The Morgan fingerprint density at radius 2 is 1.94 bits per heavy atom. The molecule has 8 unspecified atom stereocenters. The summed E-state index contributed by atoms with van der Waals surface area (Å²) < 4.78 is 7.05. The Hall–Kier alpha value is -2.09. The van der Waals surface area contributed by atoms with Gasteiger partial charge in [-0.1, -0.05) is 85.9 Å². The summed E-state index contributed by atoms with van der Waals surface area (Å²) in [5, 5.41) is 0.0867. The molecule has 0 saturated carbocycles. The number of alkyl halides is 1. The molecule has 0 amide bonds. The third kappa shape index (κ3) is 2.78. The van der Waals surface area contributed by atoms with Crippen LogP contribution >= 0.6 is 11.6 Å². The molecule has 8 atom stereocenters. The molecule has 0 N–H and O–H groups in total. The van der Waals surface area contributed by atoms with E-state index in [0.29, 0.717) is 23.7 Å². The van der Waals surface area contributed by atoms with Crippen molar-refractivity contribution in [2.45, 2.75) is 62.0 Å². The second kappa shape index (κ2) is 7.97. The molecule has 174 valence electrons. The molecule has 0 aromatic heterocycles. The molecule has 5 aliphatic carbocycles. The first kappa shape index (κ1) is 21.2. The summed E-state index contributed by atoms with van der Waals surface area (Å²) in [7, 11) is 0. The topological polar surface area (TPSA) is 9.23 Å². The summed E-state index contributed by atoms with van der Waals surface area (Å²) in [6, 6.07) is 11.4. The van der Waals surface area contributed by atoms with Crippen molar-refractivity contribution in [3.05, 3.63) is 107 Å². The molecule has 1 fully saturated rings. The first-order valence-corrected chi connectivity index (χ1v) is 13.7. The number of ether oxygens (including phenoxy) is 1. The largest absolute Gasteiger partial charge is 0.368 e. The summed E-state index contributed by atoms with van der Waals surface area (Å²) in [6.07, 6.45) is 25.1. The standard InChI is InChI=1S/C32H33ClO/c1-20-18-19-25-24-14-9-17-28(33)30(24)34-31(25)29(20)32(21-10-3-2-4-11-21)26-15-7-5-12-22(26)23-13-6-8-16-27(23)32/h2-5,7-8,10-12,14,16,18-20,25-26,28-31H,6,9,13,15,17H2,1H3. The van der Waals surface area contributed by atoms with Crippen LogP contribution in [0, 0.1) is 23.7 Å². The lowest BCUT2D eigenvalue weighted by Gasteiger charge is -2.51. The molecule has 2 heteroatoms. The molecule has 6 aliphatic rings. The fourth-order valence-electron chi connectivity index (χ4n) is 8.32. The maximum Gasteiger partial charge on any atom is 0.0959 e. The fraction of sp³-hybridized carbons (Fsp3) is 0.438. The number of hydrogen-bond donors (Lipinski definition) is 0. The summed E-state index contributed by atoms with van der Waals surface area (Å²) in [5.41, 5.74) is 7.55. The number of benzene rings is 1. The van der Waals surface area contributed by atoms with Crippen molar-refractivity contribution in [1.82, 2.24) is 0 Å². The molecule has 0 bridgehead atoms. The fourth-order valence-corrected chi connectivity index (χ4v) is 8.65. The summed E-state index contributed by atoms with van der Waals surface area (Å²) >= 11 is 6.87. The van der Waals surface area contributed by atoms with Crippen LogP contribution in [0.4, 0.5) is 0 Å². The van der Waals surface area contributed by atoms with Gasteiger partial charge in [-0.3, -0.25) is 0 Å². The van der Waals surface area contributed by atoms with E-state index in [1.807, 2.05) is 0 Å². The monoisotopic (exact) mass is 468 g/mol. The van der Waals surface area contributed by atoms with Gasteiger partial charge in [0.05, 0.1) is 17.6 Å². The van der Waals surface area contributed by atoms with Gasteiger partial charge in [0.15, 0.2) is 0 Å². The molecule has 1 aromatic rings. The lowest BCUT2D eigenvalue weighted by atomic mass is 9.52. The molecule has 1 heterocycles. The van der Waals surface area contributed by atoms with E-state index in [-0.39, 0.29) is 23.0 Å². The predicted octanol–water partition coefficient (Wildman–Crippen LogP) is 7.62. The van der Waals surface area contributed by atoms with Crippen LogP contribution in [-0.2, 0) is 10.2 Å². The van der Waals surface area contributed by atoms with Crippen molar-refractivity contribution in [3.8, 4) is 0 Å². The van der Waals surface area contributed by atoms with Gasteiger partial charge < -0.3 is 4.74 Å². The van der Waals surface area contributed by atoms with E-state index in [1.165, 1.54) is 11.1 Å². The third-order valence-electron chi connectivity index (χ3n) is 9.52. The van der Waals surface area contributed by atoms with Crippen LogP contribution in [0.2, 0.25) is 0 Å². The van der Waals surface area contributed by atoms with Crippen molar-refractivity contribution in [3.63, 3.8) is 0 Å². The minimum atomic E-state index is -0.0902. The van der Waals surface area contributed by atoms with Crippen LogP contribution in [0.3, 0.4) is 0 Å². The molecule has 34 heavy (non-hydrogen) atoms. The van der Waals surface area contributed by atoms with Gasteiger partial charge in [0.1, 0.15) is 0 Å². The molecular formula is C32H33ClO. The molecule has 1 aliphatic heterocycles. The number of fused-ring (bicyclic) bond motifs is 5. The van der Waals surface area contributed by atoms with E-state index >= 15 is 0 Å². The Balaban J connectivity index is 1.47. The highest BCUT2D eigenvalue weighted by atomic mass is 35.5. The molecule has 1 nitrogen and oxygen atoms in total. The van der Waals surface area contributed by atoms with Gasteiger partial charge in [-0.2, -0.15) is 0 Å². The number of halogens is 1. The van der Waals surface area contributed by atoms with Gasteiger partial charge in [0.25, 0.3) is 0 Å². The van der Waals surface area contributed by atoms with Crippen molar-refractivity contribution in [1.29, 1.82) is 0 Å². The zero-order valence-corrected chi connectivity index (χ0v) is 20.6. The van der Waals surface area contributed by atoms with Gasteiger partial charge in [0.2, 0.25) is 0 Å². The maximum absolute atomic E-state index is 7.05. The highest BCUT2D eigenvalue weighted by molar-refractivity contribution is 6.21. The van der Waals surface area contributed by atoms with Crippen molar-refractivity contribution < 1.29 is 4.74 Å². The van der Waals surface area contributed by atoms with Crippen LogP contribution in [0.25, 0.3) is 0 Å². The third-order valence-corrected chi connectivity index (χ3v) is 9.96.